The molecule has 0 fully saturated rings. The van der Waals surface area contributed by atoms with Crippen LogP contribution in [0.1, 0.15) is 122 Å². The van der Waals surface area contributed by atoms with E-state index in [0.29, 0.717) is 13.0 Å². The number of benzene rings is 2. The molecule has 3 rings (SSSR count). The number of rotatable bonds is 4. The number of aromatic nitrogens is 2. The zero-order chi connectivity index (χ0) is 28.1. The van der Waals surface area contributed by atoms with Crippen molar-refractivity contribution in [2.24, 2.45) is 0 Å². The van der Waals surface area contributed by atoms with Crippen LogP contribution in [-0.2, 0) is 34.6 Å². The average molecular weight is 549 g/mol. The van der Waals surface area contributed by atoms with Crippen LogP contribution in [0.4, 0.5) is 0 Å². The van der Waals surface area contributed by atoms with E-state index >= 15 is 0 Å². The fourth-order valence-corrected chi connectivity index (χ4v) is 4.61. The third-order valence-corrected chi connectivity index (χ3v) is 7.17. The molecule has 0 aliphatic rings. The minimum absolute atomic E-state index is 0. The molecule has 0 spiro atoms. The molecule has 1 heterocycles. The van der Waals surface area contributed by atoms with Crippen LogP contribution in [0.3, 0.4) is 0 Å². The van der Waals surface area contributed by atoms with Gasteiger partial charge in [0.15, 0.2) is 0 Å². The third-order valence-electron chi connectivity index (χ3n) is 7.17. The first-order valence-corrected chi connectivity index (χ1v) is 13.4. The standard InChI is InChI=1S/C33H48N2O2.2Na/c1-30(2,3)23-15-21(28(36)25(18-23)32(7,8)9)17-27-34-13-14-35(27)20-22-16-24(31(4,5)6)19-26(29(22)37)33(10,11)12;;/h13-16,18-19,36-37H,17,20H2,1-12H3;;/q;2*+1/p-2. The third kappa shape index (κ3) is 8.63. The van der Waals surface area contributed by atoms with Crippen LogP contribution in [0.25, 0.3) is 0 Å². The Morgan fingerprint density at radius 3 is 1.44 bits per heavy atom. The van der Waals surface area contributed by atoms with Gasteiger partial charge >= 0.3 is 59.1 Å². The molecule has 0 aliphatic carbocycles. The van der Waals surface area contributed by atoms with Crippen LogP contribution in [0.15, 0.2) is 36.7 Å². The predicted molar refractivity (Wildman–Crippen MR) is 151 cm³/mol. The number of nitrogens with zero attached hydrogens (tertiary/aromatic N) is 2. The summed E-state index contributed by atoms with van der Waals surface area (Å²) in [6.07, 6.45) is 4.11. The Hall–Kier alpha value is -0.750. The van der Waals surface area contributed by atoms with Crippen LogP contribution < -0.4 is 69.3 Å². The molecule has 0 unspecified atom stereocenters. The molecule has 0 saturated heterocycles. The van der Waals surface area contributed by atoms with Gasteiger partial charge in [0.1, 0.15) is 5.82 Å². The summed E-state index contributed by atoms with van der Waals surface area (Å²) >= 11 is 0. The van der Waals surface area contributed by atoms with Crippen molar-refractivity contribution in [1.29, 1.82) is 0 Å². The van der Waals surface area contributed by atoms with Gasteiger partial charge in [0.2, 0.25) is 0 Å². The van der Waals surface area contributed by atoms with Gasteiger partial charge in [-0.05, 0) is 55.0 Å². The molecule has 0 bridgehead atoms. The maximum atomic E-state index is 13.6. The second kappa shape index (κ2) is 12.6. The van der Waals surface area contributed by atoms with Crippen LogP contribution in [0, 0.1) is 0 Å². The second-order valence-corrected chi connectivity index (χ2v) is 14.7. The Labute approximate surface area is 281 Å². The molecule has 39 heavy (non-hydrogen) atoms. The van der Waals surface area contributed by atoms with E-state index in [-0.39, 0.29) is 92.3 Å². The first-order valence-electron chi connectivity index (χ1n) is 13.4. The van der Waals surface area contributed by atoms with Crippen molar-refractivity contribution >= 4 is 0 Å². The topological polar surface area (TPSA) is 63.9 Å². The maximum absolute atomic E-state index is 13.6. The summed E-state index contributed by atoms with van der Waals surface area (Å²) in [5.41, 5.74) is 4.84. The van der Waals surface area contributed by atoms with E-state index in [0.717, 1.165) is 39.2 Å². The van der Waals surface area contributed by atoms with E-state index in [2.05, 4.69) is 106 Å². The van der Waals surface area contributed by atoms with E-state index in [1.165, 1.54) is 0 Å². The van der Waals surface area contributed by atoms with Gasteiger partial charge in [-0.25, -0.2) is 4.98 Å². The Balaban J connectivity index is 0.00000380. The van der Waals surface area contributed by atoms with Gasteiger partial charge in [-0.3, -0.25) is 0 Å². The quantitative estimate of drug-likeness (QED) is 0.455. The minimum atomic E-state index is -0.253. The summed E-state index contributed by atoms with van der Waals surface area (Å²) < 4.78 is 2.02. The van der Waals surface area contributed by atoms with Crippen LogP contribution in [0.5, 0.6) is 11.5 Å². The maximum Gasteiger partial charge on any atom is 1.00 e. The van der Waals surface area contributed by atoms with E-state index in [9.17, 15) is 10.2 Å². The van der Waals surface area contributed by atoms with Gasteiger partial charge in [-0.15, -0.1) is 11.5 Å². The molecule has 2 aromatic carbocycles. The molecular formula is C33H46N2Na2O2. The number of hydrogen-bond donors (Lipinski definition) is 0. The zero-order valence-electron chi connectivity index (χ0n) is 27.1. The average Bonchev–Trinajstić information content (AvgIpc) is 3.14. The molecule has 6 heteroatoms. The molecule has 0 radical (unpaired) electrons. The number of hydrogen-bond acceptors (Lipinski definition) is 3. The van der Waals surface area contributed by atoms with Gasteiger partial charge in [-0.1, -0.05) is 107 Å². The summed E-state index contributed by atoms with van der Waals surface area (Å²) in [6.45, 7) is 26.0. The summed E-state index contributed by atoms with van der Waals surface area (Å²) in [7, 11) is 0. The van der Waals surface area contributed by atoms with Gasteiger partial charge in [-0.2, -0.15) is 0 Å². The molecule has 0 N–H and O–H groups in total. The number of imidazole rings is 1. The van der Waals surface area contributed by atoms with Crippen molar-refractivity contribution in [2.45, 2.75) is 118 Å². The first kappa shape index (κ1) is 36.3. The van der Waals surface area contributed by atoms with Gasteiger partial charge in [0.25, 0.3) is 0 Å². The monoisotopic (exact) mass is 548 g/mol. The fraction of sp³-hybridized carbons (Fsp3) is 0.545. The van der Waals surface area contributed by atoms with Crippen molar-refractivity contribution in [3.05, 3.63) is 75.9 Å². The Morgan fingerprint density at radius 1 is 0.615 bits per heavy atom. The van der Waals surface area contributed by atoms with Crippen LogP contribution >= 0.6 is 0 Å². The smallest absolute Gasteiger partial charge is 0.872 e. The fourth-order valence-electron chi connectivity index (χ4n) is 4.61. The van der Waals surface area contributed by atoms with Crippen LogP contribution in [-0.4, -0.2) is 9.55 Å². The largest absolute Gasteiger partial charge is 1.00 e. The minimum Gasteiger partial charge on any atom is -0.872 e. The summed E-state index contributed by atoms with van der Waals surface area (Å²) in [5, 5.41) is 27.1. The predicted octanol–water partition coefficient (Wildman–Crippen LogP) is 0.867. The van der Waals surface area contributed by atoms with E-state index < -0.39 is 0 Å². The summed E-state index contributed by atoms with van der Waals surface area (Å²) in [6, 6.07) is 8.26. The first-order chi connectivity index (χ1) is 16.7. The molecule has 202 valence electrons. The van der Waals surface area contributed by atoms with Crippen molar-refractivity contribution < 1.29 is 69.3 Å². The van der Waals surface area contributed by atoms with Gasteiger partial charge < -0.3 is 14.8 Å². The molecular weight excluding hydrogens is 502 g/mol. The molecule has 0 aliphatic heterocycles. The molecule has 4 nitrogen and oxygen atoms in total. The summed E-state index contributed by atoms with van der Waals surface area (Å²) in [5.74, 6) is 0.972. The van der Waals surface area contributed by atoms with Gasteiger partial charge in [0, 0.05) is 25.4 Å². The second-order valence-electron chi connectivity index (χ2n) is 14.7. The van der Waals surface area contributed by atoms with Crippen molar-refractivity contribution in [1.82, 2.24) is 9.55 Å². The molecule has 0 atom stereocenters. The van der Waals surface area contributed by atoms with Gasteiger partial charge in [0.05, 0.1) is 0 Å². The van der Waals surface area contributed by atoms with E-state index in [4.69, 9.17) is 0 Å². The molecule has 1 aromatic heterocycles. The summed E-state index contributed by atoms with van der Waals surface area (Å²) in [4.78, 5) is 4.63. The Morgan fingerprint density at radius 2 is 1.03 bits per heavy atom. The molecule has 3 aromatic rings. The SMILES string of the molecule is CC(C)(C)c1cc(Cc2nccn2Cc2cc(C(C)(C)C)cc(C(C)(C)C)c2[O-])c([O-])c(C(C)(C)C)c1.[Na+].[Na+]. The Kier molecular flexibility index (Phi) is 11.7. The van der Waals surface area contributed by atoms with Crippen molar-refractivity contribution in [2.75, 3.05) is 0 Å². The molecule has 0 amide bonds. The van der Waals surface area contributed by atoms with E-state index in [1.807, 2.05) is 16.8 Å². The van der Waals surface area contributed by atoms with Crippen LogP contribution in [0.2, 0.25) is 0 Å². The zero-order valence-corrected chi connectivity index (χ0v) is 31.1. The molecule has 0 saturated carbocycles. The van der Waals surface area contributed by atoms with Crippen molar-refractivity contribution in [3.8, 4) is 11.5 Å². The normalized spacial score (nSPS) is 12.6. The van der Waals surface area contributed by atoms with Crippen molar-refractivity contribution in [3.63, 3.8) is 0 Å². The Bertz CT molecular complexity index is 1180. The van der Waals surface area contributed by atoms with E-state index in [1.54, 1.807) is 6.20 Å².